The van der Waals surface area contributed by atoms with Crippen molar-refractivity contribution in [2.75, 3.05) is 25.0 Å². The molecule has 2 aliphatic heterocycles. The van der Waals surface area contributed by atoms with Gasteiger partial charge in [-0.05, 0) is 25.7 Å². The summed E-state index contributed by atoms with van der Waals surface area (Å²) in [6.45, 7) is 3.74. The molecule has 0 saturated carbocycles. The number of carboxylic acids is 1. The molecule has 2 N–H and O–H groups in total. The number of carbonyl (C=O) groups excluding carboxylic acids is 1. The maximum Gasteiger partial charge on any atom is 0.490 e. The van der Waals surface area contributed by atoms with Gasteiger partial charge in [0.25, 0.3) is 0 Å². The van der Waals surface area contributed by atoms with E-state index in [0.717, 1.165) is 36.1 Å². The van der Waals surface area contributed by atoms with Crippen molar-refractivity contribution in [1.29, 1.82) is 0 Å². The molecule has 1 aromatic rings. The lowest BCUT2D eigenvalue weighted by Gasteiger charge is -2.33. The van der Waals surface area contributed by atoms with E-state index in [1.54, 1.807) is 18.4 Å². The number of rotatable bonds is 2. The lowest BCUT2D eigenvalue weighted by Crippen LogP contribution is -2.42. The number of nitrogens with one attached hydrogen (secondary N) is 1. The minimum atomic E-state index is -5.08. The lowest BCUT2D eigenvalue weighted by atomic mass is 9.92. The number of carbonyl (C=O) groups is 2. The number of anilines is 1. The van der Waals surface area contributed by atoms with Crippen LogP contribution in [0.5, 0.6) is 0 Å². The lowest BCUT2D eigenvalue weighted by molar-refractivity contribution is -0.192. The molecule has 2 aliphatic rings. The summed E-state index contributed by atoms with van der Waals surface area (Å²) >= 11 is 1.61. The Hall–Kier alpha value is -1.95. The normalized spacial score (nSPS) is 25.1. The van der Waals surface area contributed by atoms with E-state index in [4.69, 9.17) is 14.6 Å². The van der Waals surface area contributed by atoms with Gasteiger partial charge in [0.2, 0.25) is 11.0 Å². The smallest absolute Gasteiger partial charge is 0.475 e. The van der Waals surface area contributed by atoms with Gasteiger partial charge < -0.3 is 20.1 Å². The van der Waals surface area contributed by atoms with Gasteiger partial charge in [-0.1, -0.05) is 11.3 Å². The van der Waals surface area contributed by atoms with Gasteiger partial charge in [-0.25, -0.2) is 4.79 Å². The van der Waals surface area contributed by atoms with Crippen LogP contribution in [-0.4, -0.2) is 65.7 Å². The quantitative estimate of drug-likeness (QED) is 0.774. The average Bonchev–Trinajstić information content (AvgIpc) is 3.19. The van der Waals surface area contributed by atoms with Crippen molar-refractivity contribution in [3.8, 4) is 0 Å². The molecule has 1 amide bonds. The van der Waals surface area contributed by atoms with Gasteiger partial charge in [0.1, 0.15) is 11.1 Å². The Morgan fingerprint density at radius 3 is 2.54 bits per heavy atom. The first kappa shape index (κ1) is 20.4. The summed E-state index contributed by atoms with van der Waals surface area (Å²) in [7, 11) is 1.66. The second-order valence-corrected chi connectivity index (χ2v) is 7.07. The molecule has 2 fully saturated rings. The number of amides is 1. The summed E-state index contributed by atoms with van der Waals surface area (Å²) < 4.78 is 37.6. The van der Waals surface area contributed by atoms with Gasteiger partial charge in [-0.15, -0.1) is 10.2 Å². The molecule has 26 heavy (non-hydrogen) atoms. The fourth-order valence-electron chi connectivity index (χ4n) is 2.85. The Labute approximate surface area is 151 Å². The van der Waals surface area contributed by atoms with E-state index >= 15 is 0 Å². The zero-order chi connectivity index (χ0) is 19.5. The molecular formula is C14H19F3N4O4S. The number of nitrogens with zero attached hydrogens (tertiary/aromatic N) is 3. The third kappa shape index (κ3) is 5.04. The minimum Gasteiger partial charge on any atom is -0.475 e. The molecule has 3 heterocycles. The molecule has 0 unspecified atom stereocenters. The van der Waals surface area contributed by atoms with Crippen molar-refractivity contribution in [2.24, 2.45) is 5.92 Å². The maximum atomic E-state index is 11.6. The van der Waals surface area contributed by atoms with Crippen molar-refractivity contribution < 1.29 is 32.6 Å². The van der Waals surface area contributed by atoms with E-state index in [0.29, 0.717) is 5.92 Å². The summed E-state index contributed by atoms with van der Waals surface area (Å²) in [4.78, 5) is 22.8. The molecule has 0 aliphatic carbocycles. The third-order valence-electron chi connectivity index (χ3n) is 4.12. The number of carboxylic acid groups (broad SMARTS) is 1. The summed E-state index contributed by atoms with van der Waals surface area (Å²) in [6, 6.07) is 0. The first-order valence-corrected chi connectivity index (χ1v) is 8.65. The van der Waals surface area contributed by atoms with Crippen LogP contribution < -0.4 is 10.2 Å². The molecule has 3 atom stereocenters. The largest absolute Gasteiger partial charge is 0.490 e. The first-order chi connectivity index (χ1) is 12.1. The fraction of sp³-hybridized carbons (Fsp3) is 0.714. The van der Waals surface area contributed by atoms with Gasteiger partial charge >= 0.3 is 12.1 Å². The highest BCUT2D eigenvalue weighted by molar-refractivity contribution is 7.15. The molecule has 0 radical (unpaired) electrons. The van der Waals surface area contributed by atoms with Gasteiger partial charge in [-0.2, -0.15) is 13.2 Å². The molecule has 2 saturated heterocycles. The number of ether oxygens (including phenoxy) is 1. The molecule has 0 bridgehead atoms. The second kappa shape index (κ2) is 8.16. The molecule has 8 nitrogen and oxygen atoms in total. The number of piperidine rings is 1. The molecule has 3 rings (SSSR count). The van der Waals surface area contributed by atoms with Crippen LogP contribution in [0.1, 0.15) is 17.8 Å². The van der Waals surface area contributed by atoms with Crippen molar-refractivity contribution in [2.45, 2.75) is 38.1 Å². The number of likely N-dealkylation sites (N-methyl/N-ethyl adjacent to an activating group) is 1. The second-order valence-electron chi connectivity index (χ2n) is 5.91. The number of hydrogen-bond acceptors (Lipinski definition) is 7. The van der Waals surface area contributed by atoms with Gasteiger partial charge in [0, 0.05) is 20.1 Å². The van der Waals surface area contributed by atoms with E-state index in [9.17, 15) is 18.0 Å². The summed E-state index contributed by atoms with van der Waals surface area (Å²) in [5, 5.41) is 20.0. The number of alkyl halides is 3. The molecular weight excluding hydrogens is 377 g/mol. The number of halogens is 3. The molecule has 146 valence electrons. The number of aromatic nitrogens is 2. The van der Waals surface area contributed by atoms with Gasteiger partial charge in [0.15, 0.2) is 0 Å². The van der Waals surface area contributed by atoms with Gasteiger partial charge in [-0.3, -0.25) is 4.79 Å². The van der Waals surface area contributed by atoms with Crippen molar-refractivity contribution in [3.05, 3.63) is 5.01 Å². The van der Waals surface area contributed by atoms with Crippen LogP contribution >= 0.6 is 11.3 Å². The SMILES string of the molecule is CNC(=O)[C@@H]1C[C@@H]2CCN(c3nnc(C)s3)C[C@H]2O1.O=C(O)C(F)(F)F. The zero-order valence-corrected chi connectivity index (χ0v) is 14.9. The first-order valence-electron chi connectivity index (χ1n) is 7.84. The Kier molecular flexibility index (Phi) is 6.39. The highest BCUT2D eigenvalue weighted by Gasteiger charge is 2.42. The fourth-order valence-corrected chi connectivity index (χ4v) is 3.57. The number of fused-ring (bicyclic) bond motifs is 1. The van der Waals surface area contributed by atoms with Crippen LogP contribution in [0.15, 0.2) is 0 Å². The third-order valence-corrected chi connectivity index (χ3v) is 5.02. The standard InChI is InChI=1S/C12H18N4O2S.C2HF3O2/c1-7-14-15-12(19-7)16-4-3-8-5-9(11(17)13-2)18-10(8)6-16;3-2(4,5)1(6)7/h8-10H,3-6H2,1-2H3,(H,13,17);(H,6,7)/t8-,9-,10+;/m0./s1. The van der Waals surface area contributed by atoms with E-state index < -0.39 is 12.1 Å². The van der Waals surface area contributed by atoms with Crippen molar-refractivity contribution >= 4 is 28.3 Å². The van der Waals surface area contributed by atoms with Crippen molar-refractivity contribution in [1.82, 2.24) is 15.5 Å². The Balaban J connectivity index is 0.000000298. The van der Waals surface area contributed by atoms with Crippen LogP contribution in [0.2, 0.25) is 0 Å². The van der Waals surface area contributed by atoms with Crippen LogP contribution in [0.25, 0.3) is 0 Å². The number of aryl methyl sites for hydroxylation is 1. The average molecular weight is 396 g/mol. The van der Waals surface area contributed by atoms with Crippen molar-refractivity contribution in [3.63, 3.8) is 0 Å². The monoisotopic (exact) mass is 396 g/mol. The Morgan fingerprint density at radius 1 is 1.38 bits per heavy atom. The summed E-state index contributed by atoms with van der Waals surface area (Å²) in [5.41, 5.74) is 0. The highest BCUT2D eigenvalue weighted by atomic mass is 32.1. The topological polar surface area (TPSA) is 105 Å². The molecule has 0 aromatic carbocycles. The number of aliphatic carboxylic acids is 1. The van der Waals surface area contributed by atoms with Crippen LogP contribution in [0, 0.1) is 12.8 Å². The van der Waals surface area contributed by atoms with Crippen LogP contribution in [0.3, 0.4) is 0 Å². The predicted molar refractivity (Wildman–Crippen MR) is 86.0 cm³/mol. The van der Waals surface area contributed by atoms with E-state index in [1.807, 2.05) is 6.92 Å². The summed E-state index contributed by atoms with van der Waals surface area (Å²) in [5.74, 6) is -2.27. The van der Waals surface area contributed by atoms with Gasteiger partial charge in [0.05, 0.1) is 6.10 Å². The van der Waals surface area contributed by atoms with E-state index in [1.165, 1.54) is 0 Å². The molecule has 12 heteroatoms. The Morgan fingerprint density at radius 2 is 2.04 bits per heavy atom. The van der Waals surface area contributed by atoms with Crippen LogP contribution in [-0.2, 0) is 14.3 Å². The predicted octanol–water partition coefficient (Wildman–Crippen LogP) is 1.21. The minimum absolute atomic E-state index is 0.00675. The maximum absolute atomic E-state index is 11.6. The summed E-state index contributed by atoms with van der Waals surface area (Å²) in [6.07, 6.45) is -3.33. The van der Waals surface area contributed by atoms with E-state index in [-0.39, 0.29) is 18.1 Å². The molecule has 0 spiro atoms. The Bertz CT molecular complexity index is 654. The molecule has 1 aromatic heterocycles. The highest BCUT2D eigenvalue weighted by Crippen LogP contribution is 2.35. The van der Waals surface area contributed by atoms with E-state index in [2.05, 4.69) is 20.4 Å². The number of hydrogen-bond donors (Lipinski definition) is 2. The van der Waals surface area contributed by atoms with Crippen LogP contribution in [0.4, 0.5) is 18.3 Å². The zero-order valence-electron chi connectivity index (χ0n) is 14.1.